The summed E-state index contributed by atoms with van der Waals surface area (Å²) in [5, 5.41) is 5.50. The fourth-order valence-electron chi connectivity index (χ4n) is 4.82. The van der Waals surface area contributed by atoms with Crippen molar-refractivity contribution in [1.82, 2.24) is 29.7 Å². The predicted octanol–water partition coefficient (Wildman–Crippen LogP) is 5.18. The van der Waals surface area contributed by atoms with Gasteiger partial charge < -0.3 is 29.7 Å². The second kappa shape index (κ2) is 13.7. The lowest BCUT2D eigenvalue weighted by Gasteiger charge is -2.35. The van der Waals surface area contributed by atoms with Crippen LogP contribution in [0.3, 0.4) is 0 Å². The first kappa shape index (κ1) is 32.0. The number of hydrogen-bond donors (Lipinski definition) is 4. The number of halogens is 1. The lowest BCUT2D eigenvalue weighted by Crippen LogP contribution is -2.50. The van der Waals surface area contributed by atoms with Crippen molar-refractivity contribution in [1.29, 1.82) is 0 Å². The van der Waals surface area contributed by atoms with E-state index in [1.165, 1.54) is 6.33 Å². The van der Waals surface area contributed by atoms with Crippen LogP contribution in [-0.4, -0.2) is 92.6 Å². The maximum absolute atomic E-state index is 13.0. The van der Waals surface area contributed by atoms with Crippen LogP contribution < -0.4 is 15.4 Å². The third-order valence-corrected chi connectivity index (χ3v) is 7.62. The van der Waals surface area contributed by atoms with E-state index in [1.807, 2.05) is 58.0 Å². The first-order valence-corrected chi connectivity index (χ1v) is 15.5. The van der Waals surface area contributed by atoms with Crippen molar-refractivity contribution in [3.05, 3.63) is 64.1 Å². The Balaban J connectivity index is 1.10. The van der Waals surface area contributed by atoms with Crippen molar-refractivity contribution in [3.63, 3.8) is 0 Å². The molecular formula is C31H37BrN8O5. The number of nitrogens with zero attached hydrogens (tertiary/aromatic N) is 4. The van der Waals surface area contributed by atoms with Gasteiger partial charge in [0, 0.05) is 49.0 Å². The number of benzene rings is 2. The Morgan fingerprint density at radius 3 is 2.56 bits per heavy atom. The second-order valence-corrected chi connectivity index (χ2v) is 12.7. The van der Waals surface area contributed by atoms with Gasteiger partial charge in [0.1, 0.15) is 17.0 Å². The minimum absolute atomic E-state index is 0.0101. The van der Waals surface area contributed by atoms with Gasteiger partial charge in [0.15, 0.2) is 5.69 Å². The lowest BCUT2D eigenvalue weighted by molar-refractivity contribution is 0.0142. The zero-order valence-electron chi connectivity index (χ0n) is 25.7. The van der Waals surface area contributed by atoms with Gasteiger partial charge in [0.25, 0.3) is 11.8 Å². The lowest BCUT2D eigenvalue weighted by atomic mass is 10.2. The Hall–Kier alpha value is -4.43. The van der Waals surface area contributed by atoms with Gasteiger partial charge in [-0.1, -0.05) is 22.0 Å². The van der Waals surface area contributed by atoms with E-state index in [9.17, 15) is 14.4 Å². The highest BCUT2D eigenvalue weighted by atomic mass is 79.9. The Bertz CT molecular complexity index is 1690. The normalized spacial score (nSPS) is 13.9. The molecule has 45 heavy (non-hydrogen) atoms. The van der Waals surface area contributed by atoms with Crippen molar-refractivity contribution >= 4 is 56.5 Å². The molecule has 1 aliphatic heterocycles. The summed E-state index contributed by atoms with van der Waals surface area (Å²) in [6.45, 7) is 11.8. The summed E-state index contributed by atoms with van der Waals surface area (Å²) in [7, 11) is 0. The highest BCUT2D eigenvalue weighted by Gasteiger charge is 2.26. The molecule has 0 spiro atoms. The van der Waals surface area contributed by atoms with E-state index in [0.717, 1.165) is 36.1 Å². The molecule has 238 valence electrons. The van der Waals surface area contributed by atoms with Gasteiger partial charge in [0.05, 0.1) is 24.0 Å². The minimum atomic E-state index is -0.564. The molecule has 1 fully saturated rings. The molecule has 14 heteroatoms. The number of fused-ring (bicyclic) bond motifs is 1. The largest absolute Gasteiger partial charge is 0.493 e. The maximum atomic E-state index is 13.0. The number of H-pyrrole nitrogens is 2. The zero-order chi connectivity index (χ0) is 32.1. The van der Waals surface area contributed by atoms with Gasteiger partial charge >= 0.3 is 6.09 Å². The van der Waals surface area contributed by atoms with Gasteiger partial charge in [-0.3, -0.25) is 19.8 Å². The first-order valence-electron chi connectivity index (χ1n) is 14.7. The number of rotatable bonds is 9. The van der Waals surface area contributed by atoms with Crippen molar-refractivity contribution < 1.29 is 23.9 Å². The molecule has 0 aliphatic carbocycles. The SMILES string of the molecule is Cc1ccc(Br)cc1NC(=O)c1nc[nH]c1C(=O)Nc1nc2ccc(OCCCN3CCN(C(=O)OC(C)(C)C)CC3)cc2[nH]1. The standard InChI is InChI=1S/C31H37BrN8O5/c1-19-6-7-20(32)16-23(19)35-27(41)25-26(34-18-33-25)28(42)38-29-36-22-9-8-21(17-24(22)37-29)44-15-5-10-39-11-13-40(14-12-39)30(43)45-31(2,3)4/h6-9,16-18H,5,10-15H2,1-4H3,(H,33,34)(H,35,41)(H2,36,37,38,42). The van der Waals surface area contributed by atoms with Gasteiger partial charge in [-0.15, -0.1) is 0 Å². The third-order valence-electron chi connectivity index (χ3n) is 7.13. The summed E-state index contributed by atoms with van der Waals surface area (Å²) in [5.41, 5.74) is 2.29. The highest BCUT2D eigenvalue weighted by molar-refractivity contribution is 9.10. The van der Waals surface area contributed by atoms with Crippen LogP contribution in [0.4, 0.5) is 16.4 Å². The molecule has 2 aromatic carbocycles. The van der Waals surface area contributed by atoms with E-state index in [0.29, 0.717) is 42.2 Å². The summed E-state index contributed by atoms with van der Waals surface area (Å²) >= 11 is 3.40. The predicted molar refractivity (Wildman–Crippen MR) is 174 cm³/mol. The molecule has 1 saturated heterocycles. The van der Waals surface area contributed by atoms with Gasteiger partial charge in [-0.05, 0) is 63.9 Å². The van der Waals surface area contributed by atoms with E-state index in [4.69, 9.17) is 9.47 Å². The van der Waals surface area contributed by atoms with E-state index >= 15 is 0 Å². The number of ether oxygens (including phenoxy) is 2. The summed E-state index contributed by atoms with van der Waals surface area (Å²) in [6, 6.07) is 11.0. The van der Waals surface area contributed by atoms with E-state index in [-0.39, 0.29) is 23.4 Å². The quantitative estimate of drug-likeness (QED) is 0.176. The number of amides is 3. The molecule has 0 saturated carbocycles. The zero-order valence-corrected chi connectivity index (χ0v) is 27.3. The topological polar surface area (TPSA) is 158 Å². The number of aromatic amines is 2. The maximum Gasteiger partial charge on any atom is 0.410 e. The molecule has 0 atom stereocenters. The molecule has 2 aromatic heterocycles. The number of aryl methyl sites for hydroxylation is 1. The number of hydrogen-bond acceptors (Lipinski definition) is 8. The van der Waals surface area contributed by atoms with E-state index in [1.54, 1.807) is 11.0 Å². The number of imidazole rings is 2. The van der Waals surface area contributed by atoms with Crippen molar-refractivity contribution in [2.75, 3.05) is 50.0 Å². The molecule has 1 aliphatic rings. The van der Waals surface area contributed by atoms with Crippen molar-refractivity contribution in [2.24, 2.45) is 0 Å². The molecule has 3 heterocycles. The Morgan fingerprint density at radius 1 is 1.02 bits per heavy atom. The molecule has 0 unspecified atom stereocenters. The average molecular weight is 682 g/mol. The van der Waals surface area contributed by atoms with Crippen LogP contribution in [0.5, 0.6) is 5.75 Å². The van der Waals surface area contributed by atoms with E-state index < -0.39 is 17.4 Å². The summed E-state index contributed by atoms with van der Waals surface area (Å²) < 4.78 is 12.2. The number of carbonyl (C=O) groups excluding carboxylic acids is 3. The molecule has 4 N–H and O–H groups in total. The van der Waals surface area contributed by atoms with Crippen LogP contribution in [0.2, 0.25) is 0 Å². The van der Waals surface area contributed by atoms with Gasteiger partial charge in [-0.25, -0.2) is 14.8 Å². The number of carbonyl (C=O) groups is 3. The summed E-state index contributed by atoms with van der Waals surface area (Å²) in [6.07, 6.45) is 1.86. The monoisotopic (exact) mass is 680 g/mol. The fourth-order valence-corrected chi connectivity index (χ4v) is 5.18. The second-order valence-electron chi connectivity index (χ2n) is 11.8. The third kappa shape index (κ3) is 8.39. The molecule has 0 bridgehead atoms. The molecule has 13 nitrogen and oxygen atoms in total. The average Bonchev–Trinajstić information content (AvgIpc) is 3.64. The smallest absolute Gasteiger partial charge is 0.410 e. The van der Waals surface area contributed by atoms with Gasteiger partial charge in [-0.2, -0.15) is 0 Å². The van der Waals surface area contributed by atoms with E-state index in [2.05, 4.69) is 51.4 Å². The van der Waals surface area contributed by atoms with Gasteiger partial charge in [0.2, 0.25) is 5.95 Å². The van der Waals surface area contributed by atoms with Crippen LogP contribution >= 0.6 is 15.9 Å². The molecule has 5 rings (SSSR count). The van der Waals surface area contributed by atoms with Crippen molar-refractivity contribution in [3.8, 4) is 5.75 Å². The molecule has 3 amide bonds. The number of nitrogens with one attached hydrogen (secondary N) is 4. The van der Waals surface area contributed by atoms with Crippen LogP contribution in [0.25, 0.3) is 11.0 Å². The molecule has 0 radical (unpaired) electrons. The summed E-state index contributed by atoms with van der Waals surface area (Å²) in [5.74, 6) is -0.182. The number of piperazine rings is 1. The first-order chi connectivity index (χ1) is 21.4. The number of anilines is 2. The Labute approximate surface area is 269 Å². The minimum Gasteiger partial charge on any atom is -0.493 e. The number of aromatic nitrogens is 4. The van der Waals surface area contributed by atoms with Crippen LogP contribution in [-0.2, 0) is 4.74 Å². The summed E-state index contributed by atoms with van der Waals surface area (Å²) in [4.78, 5) is 56.6. The van der Waals surface area contributed by atoms with Crippen LogP contribution in [0, 0.1) is 6.92 Å². The van der Waals surface area contributed by atoms with Crippen LogP contribution in [0.15, 0.2) is 47.2 Å². The molecule has 4 aromatic rings. The molecular weight excluding hydrogens is 644 g/mol. The highest BCUT2D eigenvalue weighted by Crippen LogP contribution is 2.23. The van der Waals surface area contributed by atoms with Crippen molar-refractivity contribution in [2.45, 2.75) is 39.7 Å². The van der Waals surface area contributed by atoms with Crippen LogP contribution in [0.1, 0.15) is 53.7 Å². The Kier molecular flexibility index (Phi) is 9.73. The fraction of sp³-hybridized carbons (Fsp3) is 0.387. The Morgan fingerprint density at radius 2 is 1.80 bits per heavy atom.